The van der Waals surface area contributed by atoms with Crippen LogP contribution in [0.3, 0.4) is 0 Å². The molecule has 0 unspecified atom stereocenters. The normalized spacial score (nSPS) is 15.4. The lowest BCUT2D eigenvalue weighted by atomic mass is 10.0. The third-order valence-electron chi connectivity index (χ3n) is 4.31. The number of phenolic OH excluding ortho intramolecular Hbond substituents is 1. The van der Waals surface area contributed by atoms with E-state index in [0.29, 0.717) is 22.7 Å². The Bertz CT molecular complexity index is 957. The Morgan fingerprint density at radius 3 is 2.44 bits per heavy atom. The number of aromatic hydroxyl groups is 1. The van der Waals surface area contributed by atoms with E-state index in [1.54, 1.807) is 56.5 Å². The Morgan fingerprint density at radius 2 is 1.81 bits per heavy atom. The van der Waals surface area contributed by atoms with E-state index in [-0.39, 0.29) is 22.8 Å². The number of phenols is 1. The van der Waals surface area contributed by atoms with E-state index >= 15 is 0 Å². The molecular formula is C21H19NO5. The highest BCUT2D eigenvalue weighted by Gasteiger charge is 2.38. The molecule has 0 saturated heterocycles. The van der Waals surface area contributed by atoms with Crippen molar-refractivity contribution in [3.05, 3.63) is 70.9 Å². The van der Waals surface area contributed by atoms with Crippen molar-refractivity contribution >= 4 is 23.6 Å². The number of hydrogen-bond acceptors (Lipinski definition) is 5. The van der Waals surface area contributed by atoms with Crippen molar-refractivity contribution in [2.45, 2.75) is 6.92 Å². The smallest absolute Gasteiger partial charge is 0.340 e. The molecule has 0 bridgehead atoms. The molecule has 3 rings (SSSR count). The number of carbonyl (C=O) groups excluding carboxylic acids is 2. The van der Waals surface area contributed by atoms with E-state index in [1.165, 1.54) is 24.1 Å². The summed E-state index contributed by atoms with van der Waals surface area (Å²) in [6.07, 6.45) is 1.61. The van der Waals surface area contributed by atoms with Crippen molar-refractivity contribution in [3.63, 3.8) is 0 Å². The number of nitrogens with zero attached hydrogens (tertiary/aromatic N) is 1. The van der Waals surface area contributed by atoms with Gasteiger partial charge in [0.05, 0.1) is 31.1 Å². The topological polar surface area (TPSA) is 76.1 Å². The zero-order valence-electron chi connectivity index (χ0n) is 15.2. The molecule has 1 aliphatic heterocycles. The van der Waals surface area contributed by atoms with Gasteiger partial charge in [0, 0.05) is 11.8 Å². The molecule has 138 valence electrons. The number of carbonyl (C=O) groups is 2. The zero-order chi connectivity index (χ0) is 19.6. The Labute approximate surface area is 156 Å². The van der Waals surface area contributed by atoms with Crippen LogP contribution < -0.4 is 9.64 Å². The number of ether oxygens (including phenoxy) is 2. The van der Waals surface area contributed by atoms with Gasteiger partial charge in [-0.2, -0.15) is 0 Å². The molecule has 2 aromatic carbocycles. The molecule has 1 N–H and O–H groups in total. The van der Waals surface area contributed by atoms with Crippen LogP contribution in [-0.2, 0) is 14.3 Å². The fourth-order valence-corrected chi connectivity index (χ4v) is 2.98. The minimum atomic E-state index is -0.587. The maximum absolute atomic E-state index is 13.1. The summed E-state index contributed by atoms with van der Waals surface area (Å²) in [7, 11) is 2.82. The Morgan fingerprint density at radius 1 is 1.11 bits per heavy atom. The fraction of sp³-hybridized carbons (Fsp3) is 0.143. The van der Waals surface area contributed by atoms with Gasteiger partial charge in [-0.15, -0.1) is 0 Å². The summed E-state index contributed by atoms with van der Waals surface area (Å²) in [4.78, 5) is 27.0. The van der Waals surface area contributed by atoms with Crippen LogP contribution in [0.2, 0.25) is 0 Å². The second-order valence-electron chi connectivity index (χ2n) is 5.94. The van der Waals surface area contributed by atoms with Crippen LogP contribution in [0.4, 0.5) is 5.69 Å². The number of rotatable bonds is 4. The highest BCUT2D eigenvalue weighted by Crippen LogP contribution is 2.36. The van der Waals surface area contributed by atoms with Gasteiger partial charge in [0.15, 0.2) is 0 Å². The molecule has 0 spiro atoms. The molecule has 1 aliphatic rings. The number of allylic oxidation sites excluding steroid dienone is 1. The van der Waals surface area contributed by atoms with Crippen LogP contribution in [0.5, 0.6) is 11.5 Å². The van der Waals surface area contributed by atoms with E-state index in [9.17, 15) is 14.7 Å². The van der Waals surface area contributed by atoms with Gasteiger partial charge in [-0.1, -0.05) is 18.2 Å². The SMILES string of the molecule is COC(=O)C1=C(C)N(c2cccc(OC)c2)C(=O)C1=Cc1ccc(O)cc1. The molecule has 0 saturated carbocycles. The van der Waals surface area contributed by atoms with Crippen molar-refractivity contribution in [3.8, 4) is 11.5 Å². The Kier molecular flexibility index (Phi) is 4.98. The average Bonchev–Trinajstić information content (AvgIpc) is 2.92. The number of benzene rings is 2. The summed E-state index contributed by atoms with van der Waals surface area (Å²) in [5, 5.41) is 9.44. The summed E-state index contributed by atoms with van der Waals surface area (Å²) in [6, 6.07) is 13.4. The molecule has 0 atom stereocenters. The molecule has 6 heteroatoms. The molecule has 1 amide bonds. The molecule has 0 aromatic heterocycles. The van der Waals surface area contributed by atoms with Crippen molar-refractivity contribution < 1.29 is 24.2 Å². The minimum Gasteiger partial charge on any atom is -0.508 e. The van der Waals surface area contributed by atoms with Crippen molar-refractivity contribution in [1.82, 2.24) is 0 Å². The quantitative estimate of drug-likeness (QED) is 0.665. The number of methoxy groups -OCH3 is 2. The lowest BCUT2D eigenvalue weighted by Gasteiger charge is -2.18. The van der Waals surface area contributed by atoms with Gasteiger partial charge < -0.3 is 14.6 Å². The summed E-state index contributed by atoms with van der Waals surface area (Å²) in [6.45, 7) is 1.70. The second-order valence-corrected chi connectivity index (χ2v) is 5.94. The predicted octanol–water partition coefficient (Wildman–Crippen LogP) is 3.28. The first-order chi connectivity index (χ1) is 13.0. The van der Waals surface area contributed by atoms with E-state index in [4.69, 9.17) is 9.47 Å². The van der Waals surface area contributed by atoms with Gasteiger partial charge in [-0.3, -0.25) is 9.69 Å². The lowest BCUT2D eigenvalue weighted by Crippen LogP contribution is -2.24. The number of amides is 1. The van der Waals surface area contributed by atoms with Crippen LogP contribution in [0.1, 0.15) is 12.5 Å². The van der Waals surface area contributed by atoms with Gasteiger partial charge in [-0.05, 0) is 42.8 Å². The van der Waals surface area contributed by atoms with Gasteiger partial charge in [0.1, 0.15) is 11.5 Å². The zero-order valence-corrected chi connectivity index (χ0v) is 15.2. The monoisotopic (exact) mass is 365 g/mol. The Hall–Kier alpha value is -3.54. The Balaban J connectivity index is 2.12. The molecule has 0 fully saturated rings. The maximum atomic E-state index is 13.1. The molecule has 27 heavy (non-hydrogen) atoms. The first-order valence-corrected chi connectivity index (χ1v) is 8.25. The highest BCUT2D eigenvalue weighted by atomic mass is 16.5. The molecule has 0 aliphatic carbocycles. The van der Waals surface area contributed by atoms with E-state index in [2.05, 4.69) is 0 Å². The van der Waals surface area contributed by atoms with E-state index in [0.717, 1.165) is 0 Å². The highest BCUT2D eigenvalue weighted by molar-refractivity contribution is 6.23. The van der Waals surface area contributed by atoms with Crippen LogP contribution in [0.25, 0.3) is 6.08 Å². The second kappa shape index (κ2) is 7.37. The minimum absolute atomic E-state index is 0.118. The summed E-state index contributed by atoms with van der Waals surface area (Å²) in [5.41, 5.74) is 2.18. The van der Waals surface area contributed by atoms with Gasteiger partial charge >= 0.3 is 5.97 Å². The third kappa shape index (κ3) is 3.42. The summed E-state index contributed by atoms with van der Waals surface area (Å²) < 4.78 is 10.1. The van der Waals surface area contributed by atoms with Gasteiger partial charge in [0.2, 0.25) is 0 Å². The van der Waals surface area contributed by atoms with Crippen LogP contribution >= 0.6 is 0 Å². The third-order valence-corrected chi connectivity index (χ3v) is 4.31. The maximum Gasteiger partial charge on any atom is 0.340 e. The number of esters is 1. The van der Waals surface area contributed by atoms with Crippen LogP contribution in [0.15, 0.2) is 65.4 Å². The fourth-order valence-electron chi connectivity index (χ4n) is 2.98. The predicted molar refractivity (Wildman–Crippen MR) is 101 cm³/mol. The standard InChI is InChI=1S/C21H19NO5/c1-13-19(21(25)27-3)18(11-14-7-9-16(23)10-8-14)20(24)22(13)15-5-4-6-17(12-15)26-2/h4-12,23H,1-3H3. The summed E-state index contributed by atoms with van der Waals surface area (Å²) in [5.74, 6) is -0.206. The summed E-state index contributed by atoms with van der Waals surface area (Å²) >= 11 is 0. The van der Waals surface area contributed by atoms with Crippen LogP contribution in [0, 0.1) is 0 Å². The van der Waals surface area contributed by atoms with Crippen molar-refractivity contribution in [1.29, 1.82) is 0 Å². The van der Waals surface area contributed by atoms with Gasteiger partial charge in [0.25, 0.3) is 5.91 Å². The first-order valence-electron chi connectivity index (χ1n) is 8.25. The first kappa shape index (κ1) is 18.3. The number of hydrogen-bond donors (Lipinski definition) is 1. The molecule has 1 heterocycles. The van der Waals surface area contributed by atoms with E-state index in [1.807, 2.05) is 0 Å². The average molecular weight is 365 g/mol. The molecular weight excluding hydrogens is 346 g/mol. The van der Waals surface area contributed by atoms with Crippen LogP contribution in [-0.4, -0.2) is 31.2 Å². The molecule has 2 aromatic rings. The molecule has 6 nitrogen and oxygen atoms in total. The molecule has 0 radical (unpaired) electrons. The largest absolute Gasteiger partial charge is 0.508 e. The van der Waals surface area contributed by atoms with E-state index < -0.39 is 5.97 Å². The number of anilines is 1. The lowest BCUT2D eigenvalue weighted by molar-refractivity contribution is -0.136. The van der Waals surface area contributed by atoms with Crippen molar-refractivity contribution in [2.24, 2.45) is 0 Å². The van der Waals surface area contributed by atoms with Crippen molar-refractivity contribution in [2.75, 3.05) is 19.1 Å². The van der Waals surface area contributed by atoms with Gasteiger partial charge in [-0.25, -0.2) is 4.79 Å².